The van der Waals surface area contributed by atoms with Crippen molar-refractivity contribution in [1.82, 2.24) is 5.32 Å². The smallest absolute Gasteiger partial charge is 0.251 e. The van der Waals surface area contributed by atoms with Crippen LogP contribution in [0.15, 0.2) is 48.5 Å². The first-order chi connectivity index (χ1) is 12.1. The molecule has 132 valence electrons. The maximum atomic E-state index is 12.5. The van der Waals surface area contributed by atoms with Crippen molar-refractivity contribution in [3.8, 4) is 0 Å². The molecule has 0 aromatic heterocycles. The highest BCUT2D eigenvalue weighted by molar-refractivity contribution is 5.97. The van der Waals surface area contributed by atoms with Crippen LogP contribution in [0.4, 0.5) is 5.69 Å². The molecule has 1 heterocycles. The molecule has 0 saturated carbocycles. The molecule has 0 bridgehead atoms. The van der Waals surface area contributed by atoms with Gasteiger partial charge in [-0.05, 0) is 49.9 Å². The predicted molar refractivity (Wildman–Crippen MR) is 101 cm³/mol. The summed E-state index contributed by atoms with van der Waals surface area (Å²) in [5.41, 5.74) is 3.83. The van der Waals surface area contributed by atoms with Crippen LogP contribution < -0.4 is 10.2 Å². The van der Waals surface area contributed by atoms with E-state index in [2.05, 4.69) is 16.3 Å². The third-order valence-electron chi connectivity index (χ3n) is 4.59. The fraction of sp³-hybridized carbons (Fsp3) is 0.381. The van der Waals surface area contributed by atoms with E-state index in [-0.39, 0.29) is 11.9 Å². The number of carbonyl (C=O) groups excluding carboxylic acids is 1. The molecule has 0 radical (unpaired) electrons. The van der Waals surface area contributed by atoms with Gasteiger partial charge >= 0.3 is 0 Å². The van der Waals surface area contributed by atoms with Crippen molar-refractivity contribution in [3.05, 3.63) is 65.2 Å². The number of rotatable bonds is 5. The largest absolute Gasteiger partial charge is 0.387 e. The molecule has 0 spiro atoms. The maximum absolute atomic E-state index is 12.5. The van der Waals surface area contributed by atoms with Crippen LogP contribution in [0.25, 0.3) is 0 Å². The zero-order valence-corrected chi connectivity index (χ0v) is 14.9. The van der Waals surface area contributed by atoms with Crippen molar-refractivity contribution >= 4 is 11.6 Å². The quantitative estimate of drug-likeness (QED) is 0.879. The molecule has 1 aliphatic heterocycles. The lowest BCUT2D eigenvalue weighted by atomic mass is 9.95. The predicted octanol–water partition coefficient (Wildman–Crippen LogP) is 3.31. The summed E-state index contributed by atoms with van der Waals surface area (Å²) in [7, 11) is 0. The number of aliphatic hydroxyl groups is 1. The van der Waals surface area contributed by atoms with Gasteiger partial charge in [-0.15, -0.1) is 0 Å². The summed E-state index contributed by atoms with van der Waals surface area (Å²) in [6.07, 6.45) is 1.34. The highest BCUT2D eigenvalue weighted by Crippen LogP contribution is 2.31. The Kier molecular flexibility index (Phi) is 5.39. The van der Waals surface area contributed by atoms with Crippen molar-refractivity contribution in [2.75, 3.05) is 18.0 Å². The van der Waals surface area contributed by atoms with E-state index in [1.165, 1.54) is 0 Å². The molecule has 3 rings (SSSR count). The van der Waals surface area contributed by atoms with E-state index < -0.39 is 6.10 Å². The lowest BCUT2D eigenvalue weighted by Crippen LogP contribution is -2.36. The van der Waals surface area contributed by atoms with Crippen molar-refractivity contribution in [3.63, 3.8) is 0 Å². The Bertz CT molecular complexity index is 728. The van der Waals surface area contributed by atoms with Crippen molar-refractivity contribution < 1.29 is 9.90 Å². The van der Waals surface area contributed by atoms with Crippen molar-refractivity contribution in [2.45, 2.75) is 38.8 Å². The van der Waals surface area contributed by atoms with Crippen molar-refractivity contribution in [2.24, 2.45) is 0 Å². The Morgan fingerprint density at radius 2 is 1.92 bits per heavy atom. The van der Waals surface area contributed by atoms with E-state index >= 15 is 0 Å². The molecule has 1 unspecified atom stereocenters. The Labute approximate surface area is 149 Å². The van der Waals surface area contributed by atoms with Gasteiger partial charge in [0.15, 0.2) is 0 Å². The van der Waals surface area contributed by atoms with Crippen LogP contribution in [-0.4, -0.2) is 30.1 Å². The summed E-state index contributed by atoms with van der Waals surface area (Å²) in [6.45, 7) is 5.37. The molecule has 2 N–H and O–H groups in total. The first-order valence-corrected chi connectivity index (χ1v) is 8.97. The van der Waals surface area contributed by atoms with E-state index in [1.54, 1.807) is 0 Å². The lowest BCUT2D eigenvalue weighted by Gasteiger charge is -2.34. The lowest BCUT2D eigenvalue weighted by molar-refractivity contribution is 0.0942. The Morgan fingerprint density at radius 3 is 2.64 bits per heavy atom. The van der Waals surface area contributed by atoms with Crippen LogP contribution in [0.2, 0.25) is 0 Å². The van der Waals surface area contributed by atoms with Crippen LogP contribution in [0, 0.1) is 0 Å². The number of fused-ring (bicyclic) bond motifs is 1. The van der Waals surface area contributed by atoms with Gasteiger partial charge in [-0.2, -0.15) is 0 Å². The highest BCUT2D eigenvalue weighted by Gasteiger charge is 2.24. The molecule has 4 heteroatoms. The number of aliphatic hydroxyl groups excluding tert-OH is 1. The molecule has 1 atom stereocenters. The Morgan fingerprint density at radius 1 is 1.16 bits per heavy atom. The number of amides is 1. The molecule has 25 heavy (non-hydrogen) atoms. The second-order valence-electron chi connectivity index (χ2n) is 6.91. The van der Waals surface area contributed by atoms with E-state index in [4.69, 9.17) is 0 Å². The average molecular weight is 338 g/mol. The number of benzene rings is 2. The SMILES string of the molecule is CC(C)NC(=O)c1cccc2c1CCCN2CC(O)c1ccccc1. The summed E-state index contributed by atoms with van der Waals surface area (Å²) in [5, 5.41) is 13.6. The molecule has 1 amide bonds. The summed E-state index contributed by atoms with van der Waals surface area (Å²) in [6, 6.07) is 15.7. The number of hydrogen-bond acceptors (Lipinski definition) is 3. The van der Waals surface area contributed by atoms with Gasteiger partial charge in [0.1, 0.15) is 0 Å². The Hall–Kier alpha value is -2.33. The highest BCUT2D eigenvalue weighted by atomic mass is 16.3. The minimum Gasteiger partial charge on any atom is -0.387 e. The van der Waals surface area contributed by atoms with Gasteiger partial charge in [-0.3, -0.25) is 4.79 Å². The number of hydrogen-bond donors (Lipinski definition) is 2. The second kappa shape index (κ2) is 7.70. The fourth-order valence-corrected chi connectivity index (χ4v) is 3.43. The normalized spacial score (nSPS) is 15.0. The summed E-state index contributed by atoms with van der Waals surface area (Å²) >= 11 is 0. The number of anilines is 1. The number of β-amino-alcohol motifs (C(OH)–C–C–N with tert-alkyl or cyclic N) is 1. The zero-order valence-electron chi connectivity index (χ0n) is 14.9. The van der Waals surface area contributed by atoms with Gasteiger partial charge < -0.3 is 15.3 Å². The molecule has 0 saturated heterocycles. The topological polar surface area (TPSA) is 52.6 Å². The third-order valence-corrected chi connectivity index (χ3v) is 4.59. The van der Waals surface area contributed by atoms with Crippen LogP contribution >= 0.6 is 0 Å². The number of nitrogens with one attached hydrogen (secondary N) is 1. The monoisotopic (exact) mass is 338 g/mol. The van der Waals surface area contributed by atoms with E-state index in [0.29, 0.717) is 6.54 Å². The minimum absolute atomic E-state index is 0.0164. The van der Waals surface area contributed by atoms with Crippen LogP contribution in [0.5, 0.6) is 0 Å². The fourth-order valence-electron chi connectivity index (χ4n) is 3.43. The van der Waals surface area contributed by atoms with Gasteiger partial charge in [0.2, 0.25) is 0 Å². The molecule has 1 aliphatic rings. The van der Waals surface area contributed by atoms with Crippen LogP contribution in [0.1, 0.15) is 47.9 Å². The first-order valence-electron chi connectivity index (χ1n) is 8.97. The third kappa shape index (κ3) is 4.02. The van der Waals surface area contributed by atoms with E-state index in [0.717, 1.165) is 41.8 Å². The van der Waals surface area contributed by atoms with Crippen LogP contribution in [-0.2, 0) is 6.42 Å². The number of carbonyl (C=O) groups is 1. The molecular formula is C21H26N2O2. The Balaban J connectivity index is 1.83. The van der Waals surface area contributed by atoms with Crippen LogP contribution in [0.3, 0.4) is 0 Å². The maximum Gasteiger partial charge on any atom is 0.251 e. The molecular weight excluding hydrogens is 312 g/mol. The van der Waals surface area contributed by atoms with Crippen molar-refractivity contribution in [1.29, 1.82) is 0 Å². The number of nitrogens with zero attached hydrogens (tertiary/aromatic N) is 1. The molecule has 0 fully saturated rings. The van der Waals surface area contributed by atoms with Gasteiger partial charge in [-0.25, -0.2) is 0 Å². The summed E-state index contributed by atoms with van der Waals surface area (Å²) in [5.74, 6) is -0.0164. The molecule has 2 aromatic rings. The van der Waals surface area contributed by atoms with Gasteiger partial charge in [0.25, 0.3) is 5.91 Å². The minimum atomic E-state index is -0.541. The van der Waals surface area contributed by atoms with Gasteiger partial charge in [0.05, 0.1) is 6.10 Å². The van der Waals surface area contributed by atoms with Gasteiger partial charge in [-0.1, -0.05) is 36.4 Å². The van der Waals surface area contributed by atoms with E-state index in [1.807, 2.05) is 56.3 Å². The zero-order chi connectivity index (χ0) is 17.8. The molecule has 2 aromatic carbocycles. The second-order valence-corrected chi connectivity index (χ2v) is 6.91. The average Bonchev–Trinajstić information content (AvgIpc) is 2.61. The molecule has 4 nitrogen and oxygen atoms in total. The first kappa shape index (κ1) is 17.5. The van der Waals surface area contributed by atoms with Gasteiger partial charge in [0, 0.05) is 30.4 Å². The standard InChI is InChI=1S/C21H26N2O2/c1-15(2)22-21(25)18-10-6-12-19-17(18)11-7-13-23(19)14-20(24)16-8-4-3-5-9-16/h3-6,8-10,12,15,20,24H,7,11,13-14H2,1-2H3,(H,22,25). The summed E-state index contributed by atoms with van der Waals surface area (Å²) < 4.78 is 0. The summed E-state index contributed by atoms with van der Waals surface area (Å²) in [4.78, 5) is 14.7. The molecule has 0 aliphatic carbocycles. The van der Waals surface area contributed by atoms with E-state index in [9.17, 15) is 9.90 Å².